The van der Waals surface area contributed by atoms with E-state index in [4.69, 9.17) is 10.6 Å². The number of rotatable bonds is 3. The van der Waals surface area contributed by atoms with Crippen molar-refractivity contribution in [2.45, 2.75) is 27.7 Å². The summed E-state index contributed by atoms with van der Waals surface area (Å²) in [7, 11) is -2.64. The van der Waals surface area contributed by atoms with Crippen molar-refractivity contribution in [1.29, 1.82) is 0 Å². The fourth-order valence-corrected chi connectivity index (χ4v) is 1.94. The molecule has 102 valence electrons. The van der Waals surface area contributed by atoms with E-state index < -0.39 is 8.25 Å². The largest absolute Gasteiger partial charge is 0.366 e. The van der Waals surface area contributed by atoms with Gasteiger partial charge in [-0.25, -0.2) is 0 Å². The smallest absolute Gasteiger partial charge is 0.316 e. The van der Waals surface area contributed by atoms with Crippen LogP contribution in [0.15, 0.2) is 12.1 Å². The molecular weight excluding hydrogens is 253 g/mol. The van der Waals surface area contributed by atoms with Crippen LogP contribution in [0.3, 0.4) is 0 Å². The Morgan fingerprint density at radius 1 is 1.33 bits per heavy atom. The summed E-state index contributed by atoms with van der Waals surface area (Å²) in [6.07, 6.45) is 0. The van der Waals surface area contributed by atoms with Gasteiger partial charge in [0.15, 0.2) is 0 Å². The first-order valence-electron chi connectivity index (χ1n) is 5.53. The van der Waals surface area contributed by atoms with Gasteiger partial charge in [-0.15, -0.1) is 0 Å². The zero-order chi connectivity index (χ0) is 14.3. The Balaban J connectivity index is 0.000000411. The minimum absolute atomic E-state index is 0.314. The van der Waals surface area contributed by atoms with E-state index in [1.807, 2.05) is 32.9 Å². The molecule has 1 rings (SSSR count). The molecule has 6 heteroatoms. The van der Waals surface area contributed by atoms with Crippen molar-refractivity contribution < 1.29 is 18.8 Å². The second-order valence-electron chi connectivity index (χ2n) is 3.84. The molecule has 0 radical (unpaired) electrons. The quantitative estimate of drug-likeness (QED) is 0.825. The Morgan fingerprint density at radius 2 is 1.78 bits per heavy atom. The molecule has 0 saturated carbocycles. The molecule has 1 unspecified atom stereocenters. The molecular formula is C12H20NO4P. The third-order valence-corrected chi connectivity index (χ3v) is 2.73. The Morgan fingerprint density at radius 3 is 2.00 bits per heavy atom. The van der Waals surface area contributed by atoms with Crippen LogP contribution in [0.2, 0.25) is 0 Å². The summed E-state index contributed by atoms with van der Waals surface area (Å²) < 4.78 is 13.7. The fourth-order valence-electron chi connectivity index (χ4n) is 1.69. The fraction of sp³-hybridized carbons (Fsp3) is 0.417. The second kappa shape index (κ2) is 8.03. The molecule has 0 aliphatic rings. The summed E-state index contributed by atoms with van der Waals surface area (Å²) in [4.78, 5) is 18.9. The lowest BCUT2D eigenvalue weighted by molar-refractivity contribution is 0.0999. The van der Waals surface area contributed by atoms with Crippen LogP contribution in [-0.2, 0) is 9.09 Å². The van der Waals surface area contributed by atoms with E-state index in [0.29, 0.717) is 12.2 Å². The molecule has 1 amide bonds. The lowest BCUT2D eigenvalue weighted by Gasteiger charge is -2.06. The zero-order valence-corrected chi connectivity index (χ0v) is 12.1. The second-order valence-corrected chi connectivity index (χ2v) is 4.66. The van der Waals surface area contributed by atoms with E-state index in [2.05, 4.69) is 4.52 Å². The van der Waals surface area contributed by atoms with Gasteiger partial charge >= 0.3 is 8.25 Å². The predicted octanol–water partition coefficient (Wildman–Crippen LogP) is 2.12. The number of carbonyl (C=O) groups excluding carboxylic acids is 1. The first kappa shape index (κ1) is 16.8. The number of hydrogen-bond acceptors (Lipinski definition) is 3. The summed E-state index contributed by atoms with van der Waals surface area (Å²) in [5.41, 5.74) is 8.96. The molecule has 18 heavy (non-hydrogen) atoms. The number of amides is 1. The molecule has 1 aromatic carbocycles. The summed E-state index contributed by atoms with van der Waals surface area (Å²) in [6, 6.07) is 3.93. The Hall–Kier alpha value is -1.16. The van der Waals surface area contributed by atoms with E-state index in [0.717, 1.165) is 16.7 Å². The summed E-state index contributed by atoms with van der Waals surface area (Å²) in [5.74, 6) is -0.343. The predicted molar refractivity (Wildman–Crippen MR) is 72.0 cm³/mol. The van der Waals surface area contributed by atoms with Crippen molar-refractivity contribution in [3.05, 3.63) is 34.4 Å². The average Bonchev–Trinajstić information content (AvgIpc) is 2.15. The van der Waals surface area contributed by atoms with Gasteiger partial charge in [-0.05, 0) is 38.8 Å². The number of benzene rings is 1. The molecule has 0 aliphatic carbocycles. The highest BCUT2D eigenvalue weighted by Crippen LogP contribution is 2.15. The van der Waals surface area contributed by atoms with Gasteiger partial charge in [0.05, 0.1) is 6.61 Å². The Labute approximate surface area is 108 Å². The Kier molecular flexibility index (Phi) is 7.51. The van der Waals surface area contributed by atoms with E-state index in [1.54, 1.807) is 6.92 Å². The van der Waals surface area contributed by atoms with Crippen molar-refractivity contribution >= 4 is 14.2 Å². The SMILES string of the molecule is CCO[PH](=O)O.Cc1cc(C)c(C(N)=O)c(C)c1. The van der Waals surface area contributed by atoms with Crippen LogP contribution in [0.25, 0.3) is 0 Å². The van der Waals surface area contributed by atoms with Gasteiger partial charge in [-0.2, -0.15) is 0 Å². The van der Waals surface area contributed by atoms with Gasteiger partial charge in [0.1, 0.15) is 0 Å². The molecule has 1 aromatic rings. The monoisotopic (exact) mass is 273 g/mol. The number of nitrogens with two attached hydrogens (primary N) is 1. The third-order valence-electron chi connectivity index (χ3n) is 2.19. The maximum Gasteiger partial charge on any atom is 0.316 e. The molecule has 0 aliphatic heterocycles. The highest BCUT2D eigenvalue weighted by atomic mass is 31.1. The zero-order valence-electron chi connectivity index (χ0n) is 11.1. The minimum Gasteiger partial charge on any atom is -0.366 e. The van der Waals surface area contributed by atoms with Crippen molar-refractivity contribution in [3.8, 4) is 0 Å². The topological polar surface area (TPSA) is 89.6 Å². The van der Waals surface area contributed by atoms with Gasteiger partial charge in [0.2, 0.25) is 5.91 Å². The highest BCUT2D eigenvalue weighted by molar-refractivity contribution is 7.32. The normalized spacial score (nSPS) is 11.4. The number of hydrogen-bond donors (Lipinski definition) is 2. The lowest BCUT2D eigenvalue weighted by Crippen LogP contribution is -2.14. The first-order valence-corrected chi connectivity index (χ1v) is 6.79. The van der Waals surface area contributed by atoms with Gasteiger partial charge in [-0.3, -0.25) is 9.36 Å². The third kappa shape index (κ3) is 5.96. The van der Waals surface area contributed by atoms with Gasteiger partial charge in [0.25, 0.3) is 0 Å². The molecule has 0 saturated heterocycles. The maximum absolute atomic E-state index is 11.0. The number of primary amides is 1. The molecule has 0 heterocycles. The molecule has 0 fully saturated rings. The lowest BCUT2D eigenvalue weighted by atomic mass is 10.00. The molecule has 5 nitrogen and oxygen atoms in total. The summed E-state index contributed by atoms with van der Waals surface area (Å²) >= 11 is 0. The first-order chi connectivity index (χ1) is 8.29. The molecule has 0 aromatic heterocycles. The van der Waals surface area contributed by atoms with Gasteiger partial charge in [0, 0.05) is 5.56 Å². The summed E-state index contributed by atoms with van der Waals surface area (Å²) in [5, 5.41) is 0. The van der Waals surface area contributed by atoms with Crippen LogP contribution in [-0.4, -0.2) is 17.4 Å². The van der Waals surface area contributed by atoms with E-state index in [-0.39, 0.29) is 5.91 Å². The maximum atomic E-state index is 11.0. The van der Waals surface area contributed by atoms with Crippen LogP contribution in [0.4, 0.5) is 0 Å². The van der Waals surface area contributed by atoms with Crippen molar-refractivity contribution in [3.63, 3.8) is 0 Å². The van der Waals surface area contributed by atoms with E-state index >= 15 is 0 Å². The van der Waals surface area contributed by atoms with E-state index in [9.17, 15) is 9.36 Å². The Bertz CT molecular complexity index is 423. The highest BCUT2D eigenvalue weighted by Gasteiger charge is 2.08. The standard InChI is InChI=1S/C10H13NO.C2H7O3P/c1-6-4-7(2)9(10(11)12)8(3)5-6;1-2-5-6(3)4/h4-5H,1-3H3,(H2,11,12);6H,2H2,1H3,(H,3,4). The summed E-state index contributed by atoms with van der Waals surface area (Å²) in [6.45, 7) is 7.79. The van der Waals surface area contributed by atoms with Crippen LogP contribution in [0.5, 0.6) is 0 Å². The van der Waals surface area contributed by atoms with Gasteiger partial charge < -0.3 is 15.2 Å². The van der Waals surface area contributed by atoms with Crippen molar-refractivity contribution in [2.75, 3.05) is 6.61 Å². The van der Waals surface area contributed by atoms with Crippen molar-refractivity contribution in [2.24, 2.45) is 5.73 Å². The molecule has 3 N–H and O–H groups in total. The van der Waals surface area contributed by atoms with E-state index in [1.165, 1.54) is 0 Å². The van der Waals surface area contributed by atoms with Gasteiger partial charge in [-0.1, -0.05) is 17.7 Å². The molecule has 0 bridgehead atoms. The van der Waals surface area contributed by atoms with Crippen molar-refractivity contribution in [1.82, 2.24) is 0 Å². The number of carbonyl (C=O) groups is 1. The van der Waals surface area contributed by atoms with Crippen LogP contribution < -0.4 is 5.73 Å². The van der Waals surface area contributed by atoms with Crippen LogP contribution in [0, 0.1) is 20.8 Å². The molecule has 1 atom stereocenters. The van der Waals surface area contributed by atoms with Crippen LogP contribution >= 0.6 is 8.25 Å². The minimum atomic E-state index is -2.64. The van der Waals surface area contributed by atoms with Crippen LogP contribution in [0.1, 0.15) is 34.0 Å². The number of aryl methyl sites for hydroxylation is 3. The average molecular weight is 273 g/mol. The molecule has 0 spiro atoms.